The minimum atomic E-state index is -0.737. The molecule has 0 bridgehead atoms. The molecule has 3 saturated carbocycles. The second-order valence-electron chi connectivity index (χ2n) is 14.1. The van der Waals surface area contributed by atoms with Crippen LogP contribution in [0, 0.1) is 28.6 Å². The van der Waals surface area contributed by atoms with Crippen molar-refractivity contribution in [3.63, 3.8) is 0 Å². The van der Waals surface area contributed by atoms with Crippen molar-refractivity contribution in [2.24, 2.45) is 28.6 Å². The molecule has 250 valence electrons. The molecule has 1 aliphatic heterocycles. The molecule has 1 aromatic carbocycles. The van der Waals surface area contributed by atoms with Gasteiger partial charge in [-0.2, -0.15) is 0 Å². The summed E-state index contributed by atoms with van der Waals surface area (Å²) in [6, 6.07) is 5.09. The number of carbonyl (C=O) groups is 3. The van der Waals surface area contributed by atoms with E-state index in [4.69, 9.17) is 32.7 Å². The zero-order valence-electron chi connectivity index (χ0n) is 27.8. The number of allylic oxidation sites excluding steroid dienone is 3. The maximum atomic E-state index is 12.6. The lowest BCUT2D eigenvalue weighted by Gasteiger charge is -2.57. The van der Waals surface area contributed by atoms with E-state index in [-0.39, 0.29) is 28.6 Å². The van der Waals surface area contributed by atoms with E-state index in [9.17, 15) is 19.5 Å². The molecular formula is C37H47Cl2NO6. The third-order valence-electron chi connectivity index (χ3n) is 11.9. The van der Waals surface area contributed by atoms with Gasteiger partial charge in [0.05, 0.1) is 46.9 Å². The van der Waals surface area contributed by atoms with Crippen LogP contribution in [0.5, 0.6) is 0 Å². The van der Waals surface area contributed by atoms with Crippen molar-refractivity contribution in [2.75, 3.05) is 13.7 Å². The van der Waals surface area contributed by atoms with Crippen LogP contribution in [0.2, 0.25) is 10.0 Å². The molecule has 0 spiro atoms. The van der Waals surface area contributed by atoms with Gasteiger partial charge >= 0.3 is 11.9 Å². The van der Waals surface area contributed by atoms with Crippen molar-refractivity contribution in [1.29, 1.82) is 0 Å². The molecule has 1 heterocycles. The third-order valence-corrected chi connectivity index (χ3v) is 12.7. The minimum Gasteiger partial charge on any atom is -0.466 e. The van der Waals surface area contributed by atoms with Crippen molar-refractivity contribution in [2.45, 2.75) is 98.0 Å². The number of aliphatic hydroxyl groups excluding tert-OH is 1. The number of hydrogen-bond acceptors (Lipinski definition) is 7. The molecule has 46 heavy (non-hydrogen) atoms. The summed E-state index contributed by atoms with van der Waals surface area (Å²) in [6.45, 7) is 10.2. The molecular weight excluding hydrogens is 625 g/mol. The van der Waals surface area contributed by atoms with Crippen molar-refractivity contribution in [3.05, 3.63) is 68.0 Å². The first-order valence-electron chi connectivity index (χ1n) is 16.6. The van der Waals surface area contributed by atoms with E-state index in [2.05, 4.69) is 19.2 Å². The Morgan fingerprint density at radius 3 is 2.35 bits per heavy atom. The molecule has 4 aliphatic carbocycles. The van der Waals surface area contributed by atoms with Crippen LogP contribution in [0.15, 0.2) is 52.4 Å². The van der Waals surface area contributed by atoms with E-state index in [1.54, 1.807) is 39.0 Å². The number of ether oxygens (including phenoxy) is 2. The number of methoxy groups -OCH3 is 1. The van der Waals surface area contributed by atoms with Crippen LogP contribution in [0.25, 0.3) is 0 Å². The number of esters is 2. The van der Waals surface area contributed by atoms with Crippen LogP contribution in [0.3, 0.4) is 0 Å². The van der Waals surface area contributed by atoms with Crippen molar-refractivity contribution in [3.8, 4) is 0 Å². The SMILES string of the molecule is CCOC(=O)C1=C(C)NC(C)=C(C(=O)OC)C1c1cccc(Cl)c1Cl.C[C@]12CC[C@H]3[C@@H](CCC4=CC(=O)CC[C@@]43C)[C@@H]1CC[C@@H]2O. The molecule has 0 amide bonds. The summed E-state index contributed by atoms with van der Waals surface area (Å²) in [6.07, 6.45) is 10.7. The summed E-state index contributed by atoms with van der Waals surface area (Å²) in [4.78, 5) is 36.8. The third kappa shape index (κ3) is 5.97. The minimum absolute atomic E-state index is 0.0823. The second kappa shape index (κ2) is 13.5. The van der Waals surface area contributed by atoms with E-state index in [0.29, 0.717) is 44.8 Å². The standard InChI is InChI=1S/C19H28O2.C18H19Cl2NO4/c1-18-9-7-13(20)11-12(18)3-4-14-15-5-6-17(21)19(15,2)10-8-16(14)18;1-5-25-18(23)14-10(3)21-9(2)13(17(22)24-4)15(14)11-7-6-8-12(19)16(11)20/h11,14-17,21H,3-10H2,1-2H3;6-8,15,21H,5H2,1-4H3/t14-,15-,16-,17-,18-,19-;/m0./s1. The molecule has 7 nitrogen and oxygen atoms in total. The summed E-state index contributed by atoms with van der Waals surface area (Å²) in [5.74, 6) is 0.757. The van der Waals surface area contributed by atoms with Gasteiger partial charge in [-0.25, -0.2) is 9.59 Å². The lowest BCUT2D eigenvalue weighted by atomic mass is 9.47. The van der Waals surface area contributed by atoms with E-state index in [0.717, 1.165) is 37.5 Å². The second-order valence-corrected chi connectivity index (χ2v) is 14.9. The van der Waals surface area contributed by atoms with Crippen LogP contribution < -0.4 is 5.32 Å². The Balaban J connectivity index is 0.000000183. The molecule has 9 heteroatoms. The number of hydrogen-bond donors (Lipinski definition) is 2. The molecule has 1 aromatic rings. The van der Waals surface area contributed by atoms with Crippen molar-refractivity contribution in [1.82, 2.24) is 5.32 Å². The zero-order valence-corrected chi connectivity index (χ0v) is 29.3. The number of halogens is 2. The Morgan fingerprint density at radius 1 is 0.978 bits per heavy atom. The van der Waals surface area contributed by atoms with Crippen LogP contribution >= 0.6 is 23.2 Å². The molecule has 6 rings (SSSR count). The summed E-state index contributed by atoms with van der Waals surface area (Å²) in [5, 5.41) is 14.1. The predicted molar refractivity (Wildman–Crippen MR) is 179 cm³/mol. The van der Waals surface area contributed by atoms with E-state index in [1.807, 2.05) is 6.08 Å². The van der Waals surface area contributed by atoms with Crippen molar-refractivity contribution < 1.29 is 29.0 Å². The monoisotopic (exact) mass is 671 g/mol. The van der Waals surface area contributed by atoms with E-state index >= 15 is 0 Å². The Labute approximate surface area is 282 Å². The zero-order chi connectivity index (χ0) is 33.6. The van der Waals surface area contributed by atoms with Crippen LogP contribution in [0.1, 0.15) is 97.5 Å². The number of rotatable bonds is 4. The number of dihydropyridines is 1. The maximum Gasteiger partial charge on any atom is 0.336 e. The quantitative estimate of drug-likeness (QED) is 0.314. The van der Waals surface area contributed by atoms with Gasteiger partial charge in [-0.1, -0.05) is 54.8 Å². The van der Waals surface area contributed by atoms with Gasteiger partial charge in [0.25, 0.3) is 0 Å². The van der Waals surface area contributed by atoms with Gasteiger partial charge < -0.3 is 19.9 Å². The van der Waals surface area contributed by atoms with Gasteiger partial charge in [0, 0.05) is 17.8 Å². The average Bonchev–Trinajstić information content (AvgIpc) is 3.32. The van der Waals surface area contributed by atoms with E-state index in [1.165, 1.54) is 38.4 Å². The maximum absolute atomic E-state index is 12.6. The first-order valence-corrected chi connectivity index (χ1v) is 17.3. The molecule has 0 radical (unpaired) electrons. The Morgan fingerprint density at radius 2 is 1.67 bits per heavy atom. The summed E-state index contributed by atoms with van der Waals surface area (Å²) in [7, 11) is 1.29. The summed E-state index contributed by atoms with van der Waals surface area (Å²) < 4.78 is 10.1. The van der Waals surface area contributed by atoms with Gasteiger partial charge in [0.2, 0.25) is 0 Å². The number of nitrogens with one attached hydrogen (secondary N) is 1. The lowest BCUT2D eigenvalue weighted by Crippen LogP contribution is -2.51. The Hall–Kier alpha value is -2.61. The van der Waals surface area contributed by atoms with Gasteiger partial charge in [0.1, 0.15) is 0 Å². The van der Waals surface area contributed by atoms with Gasteiger partial charge in [-0.05, 0) is 112 Å². The predicted octanol–water partition coefficient (Wildman–Crippen LogP) is 7.84. The molecule has 7 atom stereocenters. The highest BCUT2D eigenvalue weighted by atomic mass is 35.5. The fraction of sp³-hybridized carbons (Fsp3) is 0.595. The normalized spacial score (nSPS) is 33.5. The molecule has 0 saturated heterocycles. The van der Waals surface area contributed by atoms with Crippen molar-refractivity contribution >= 4 is 40.9 Å². The first-order chi connectivity index (χ1) is 21.8. The fourth-order valence-electron chi connectivity index (χ4n) is 9.44. The van der Waals surface area contributed by atoms with Gasteiger partial charge in [0.15, 0.2) is 5.78 Å². The number of ketones is 1. The highest BCUT2D eigenvalue weighted by Crippen LogP contribution is 2.65. The van der Waals surface area contributed by atoms with Gasteiger partial charge in [-0.15, -0.1) is 0 Å². The fourth-order valence-corrected chi connectivity index (χ4v) is 9.86. The van der Waals surface area contributed by atoms with Crippen LogP contribution in [0.4, 0.5) is 0 Å². The molecule has 5 aliphatic rings. The highest BCUT2D eigenvalue weighted by molar-refractivity contribution is 6.42. The molecule has 1 unspecified atom stereocenters. The molecule has 2 N–H and O–H groups in total. The number of carbonyl (C=O) groups excluding carboxylic acids is 3. The number of benzene rings is 1. The summed E-state index contributed by atoms with van der Waals surface area (Å²) >= 11 is 12.5. The largest absolute Gasteiger partial charge is 0.466 e. The Kier molecular flexibility index (Phi) is 10.2. The highest BCUT2D eigenvalue weighted by Gasteiger charge is 2.58. The first kappa shape index (κ1) is 34.7. The van der Waals surface area contributed by atoms with E-state index < -0.39 is 17.9 Å². The lowest BCUT2D eigenvalue weighted by molar-refractivity contribution is -0.139. The number of fused-ring (bicyclic) bond motifs is 5. The topological polar surface area (TPSA) is 102 Å². The number of aliphatic hydroxyl groups is 1. The smallest absolute Gasteiger partial charge is 0.336 e. The van der Waals surface area contributed by atoms with Crippen LogP contribution in [-0.4, -0.2) is 42.6 Å². The average molecular weight is 673 g/mol. The molecule has 3 fully saturated rings. The molecule has 0 aromatic heterocycles. The van der Waals surface area contributed by atoms with Crippen LogP contribution in [-0.2, 0) is 23.9 Å². The Bertz CT molecular complexity index is 1510. The van der Waals surface area contributed by atoms with Gasteiger partial charge in [-0.3, -0.25) is 4.79 Å². The summed E-state index contributed by atoms with van der Waals surface area (Å²) in [5.41, 5.74) is 4.19.